The van der Waals surface area contributed by atoms with Crippen molar-refractivity contribution in [2.45, 2.75) is 13.0 Å². The first kappa shape index (κ1) is 14.7. The molecule has 2 rings (SSSR count). The average Bonchev–Trinajstić information content (AvgIpc) is 2.42. The Morgan fingerprint density at radius 3 is 2.40 bits per heavy atom. The molecular weight excluding hydrogens is 299 g/mol. The summed E-state index contributed by atoms with van der Waals surface area (Å²) < 4.78 is 5.33. The highest BCUT2D eigenvalue weighted by Crippen LogP contribution is 2.36. The minimum Gasteiger partial charge on any atom is -0.479 e. The molecule has 0 aliphatic rings. The smallest absolute Gasteiger partial charge is 0.344 e. The summed E-state index contributed by atoms with van der Waals surface area (Å²) in [4.78, 5) is 10.8. The Morgan fingerprint density at radius 1 is 1.15 bits per heavy atom. The van der Waals surface area contributed by atoms with Crippen molar-refractivity contribution in [1.29, 1.82) is 0 Å². The Balaban J connectivity index is 2.36. The molecule has 0 amide bonds. The van der Waals surface area contributed by atoms with Crippen molar-refractivity contribution >= 4 is 29.2 Å². The van der Waals surface area contributed by atoms with Crippen LogP contribution in [0.25, 0.3) is 11.1 Å². The summed E-state index contributed by atoms with van der Waals surface area (Å²) in [5.41, 5.74) is 1.64. The molecule has 0 radical (unpaired) electrons. The molecule has 0 aliphatic heterocycles. The Labute approximate surface area is 126 Å². The van der Waals surface area contributed by atoms with Gasteiger partial charge < -0.3 is 9.84 Å². The second-order valence-electron chi connectivity index (χ2n) is 4.22. The van der Waals surface area contributed by atoms with E-state index >= 15 is 0 Å². The first-order chi connectivity index (χ1) is 9.49. The number of benzene rings is 2. The minimum atomic E-state index is -1.04. The summed E-state index contributed by atoms with van der Waals surface area (Å²) >= 11 is 12.1. The van der Waals surface area contributed by atoms with Crippen LogP contribution in [0.5, 0.6) is 5.75 Å². The van der Waals surface area contributed by atoms with Crippen molar-refractivity contribution in [3.63, 3.8) is 0 Å². The monoisotopic (exact) mass is 310 g/mol. The van der Waals surface area contributed by atoms with Crippen molar-refractivity contribution in [3.8, 4) is 16.9 Å². The Hall–Kier alpha value is -1.71. The predicted octanol–water partition coefficient (Wildman–Crippen LogP) is 4.51. The largest absolute Gasteiger partial charge is 0.479 e. The molecule has 1 atom stereocenters. The molecular formula is C15H12Cl2O3. The van der Waals surface area contributed by atoms with Crippen LogP contribution in [0.15, 0.2) is 42.5 Å². The standard InChI is InChI=1S/C15H12Cl2O3/c1-9(15(18)19)20-13-4-2-3-12(14(13)17)10-5-7-11(16)8-6-10/h2-9H,1H3,(H,18,19). The third-order valence-corrected chi connectivity index (χ3v) is 3.41. The summed E-state index contributed by atoms with van der Waals surface area (Å²) in [5, 5.41) is 9.88. The van der Waals surface area contributed by atoms with E-state index in [0.29, 0.717) is 15.8 Å². The number of hydrogen-bond acceptors (Lipinski definition) is 2. The summed E-state index contributed by atoms with van der Waals surface area (Å²) in [7, 11) is 0. The van der Waals surface area contributed by atoms with E-state index in [1.807, 2.05) is 18.2 Å². The van der Waals surface area contributed by atoms with Gasteiger partial charge in [-0.25, -0.2) is 4.79 Å². The Kier molecular flexibility index (Phi) is 4.53. The van der Waals surface area contributed by atoms with Crippen molar-refractivity contribution in [2.75, 3.05) is 0 Å². The first-order valence-electron chi connectivity index (χ1n) is 5.93. The van der Waals surface area contributed by atoms with Gasteiger partial charge in [-0.3, -0.25) is 0 Å². The summed E-state index contributed by atoms with van der Waals surface area (Å²) in [6.07, 6.45) is -0.965. The molecule has 20 heavy (non-hydrogen) atoms. The molecule has 2 aromatic carbocycles. The highest BCUT2D eigenvalue weighted by Gasteiger charge is 2.16. The van der Waals surface area contributed by atoms with Gasteiger partial charge in [0.05, 0.1) is 5.02 Å². The number of carboxylic acid groups (broad SMARTS) is 1. The maximum atomic E-state index is 10.8. The topological polar surface area (TPSA) is 46.5 Å². The van der Waals surface area contributed by atoms with E-state index < -0.39 is 12.1 Å². The Bertz CT molecular complexity index is 624. The number of aliphatic carboxylic acids is 1. The molecule has 1 unspecified atom stereocenters. The molecule has 0 heterocycles. The molecule has 104 valence electrons. The number of rotatable bonds is 4. The van der Waals surface area contributed by atoms with Crippen LogP contribution in [-0.2, 0) is 4.79 Å². The van der Waals surface area contributed by atoms with Crippen molar-refractivity contribution in [3.05, 3.63) is 52.5 Å². The molecule has 1 N–H and O–H groups in total. The quantitative estimate of drug-likeness (QED) is 0.903. The van der Waals surface area contributed by atoms with E-state index in [9.17, 15) is 4.79 Å². The van der Waals surface area contributed by atoms with Gasteiger partial charge in [0.15, 0.2) is 6.10 Å². The number of halogens is 2. The fraction of sp³-hybridized carbons (Fsp3) is 0.133. The number of ether oxygens (including phenoxy) is 1. The van der Waals surface area contributed by atoms with E-state index in [1.54, 1.807) is 24.3 Å². The van der Waals surface area contributed by atoms with Crippen LogP contribution in [0.1, 0.15) is 6.92 Å². The highest BCUT2D eigenvalue weighted by molar-refractivity contribution is 6.35. The van der Waals surface area contributed by atoms with Crippen molar-refractivity contribution in [2.24, 2.45) is 0 Å². The molecule has 0 aromatic heterocycles. The van der Waals surface area contributed by atoms with Crippen molar-refractivity contribution < 1.29 is 14.6 Å². The van der Waals surface area contributed by atoms with Gasteiger partial charge in [-0.1, -0.05) is 47.5 Å². The van der Waals surface area contributed by atoms with Crippen LogP contribution in [0.3, 0.4) is 0 Å². The molecule has 0 fully saturated rings. The first-order valence-corrected chi connectivity index (χ1v) is 6.68. The van der Waals surface area contributed by atoms with Gasteiger partial charge in [-0.2, -0.15) is 0 Å². The van der Waals surface area contributed by atoms with Gasteiger partial charge >= 0.3 is 5.97 Å². The molecule has 2 aromatic rings. The lowest BCUT2D eigenvalue weighted by atomic mass is 10.1. The molecule has 0 spiro atoms. The summed E-state index contributed by atoms with van der Waals surface area (Å²) in [5.74, 6) is -0.702. The third kappa shape index (κ3) is 3.24. The highest BCUT2D eigenvalue weighted by atomic mass is 35.5. The maximum Gasteiger partial charge on any atom is 0.344 e. The predicted molar refractivity (Wildman–Crippen MR) is 79.6 cm³/mol. The van der Waals surface area contributed by atoms with Crippen molar-refractivity contribution in [1.82, 2.24) is 0 Å². The van der Waals surface area contributed by atoms with Gasteiger partial charge in [-0.15, -0.1) is 0 Å². The van der Waals surface area contributed by atoms with Crippen LogP contribution in [-0.4, -0.2) is 17.2 Å². The molecule has 0 saturated carbocycles. The molecule has 0 saturated heterocycles. The lowest BCUT2D eigenvalue weighted by Gasteiger charge is -2.14. The molecule has 0 aliphatic carbocycles. The summed E-state index contributed by atoms with van der Waals surface area (Å²) in [6.45, 7) is 1.45. The van der Waals surface area contributed by atoms with E-state index in [0.717, 1.165) is 11.1 Å². The molecule has 0 bridgehead atoms. The number of hydrogen-bond donors (Lipinski definition) is 1. The van der Waals surface area contributed by atoms with E-state index in [4.69, 9.17) is 33.0 Å². The number of carboxylic acids is 1. The van der Waals surface area contributed by atoms with Crippen LogP contribution < -0.4 is 4.74 Å². The van der Waals surface area contributed by atoms with Gasteiger partial charge in [0, 0.05) is 10.6 Å². The SMILES string of the molecule is CC(Oc1cccc(-c2ccc(Cl)cc2)c1Cl)C(=O)O. The maximum absolute atomic E-state index is 10.8. The zero-order valence-corrected chi connectivity index (χ0v) is 12.2. The van der Waals surface area contributed by atoms with E-state index in [2.05, 4.69) is 0 Å². The second-order valence-corrected chi connectivity index (χ2v) is 5.04. The fourth-order valence-electron chi connectivity index (χ4n) is 1.70. The lowest BCUT2D eigenvalue weighted by molar-refractivity contribution is -0.144. The Morgan fingerprint density at radius 2 is 1.80 bits per heavy atom. The fourth-order valence-corrected chi connectivity index (χ4v) is 2.10. The zero-order valence-electron chi connectivity index (χ0n) is 10.6. The normalized spacial score (nSPS) is 11.9. The van der Waals surface area contributed by atoms with Crippen LogP contribution in [0.2, 0.25) is 10.0 Å². The van der Waals surface area contributed by atoms with Crippen LogP contribution in [0, 0.1) is 0 Å². The average molecular weight is 311 g/mol. The van der Waals surface area contributed by atoms with Gasteiger partial charge in [0.25, 0.3) is 0 Å². The minimum absolute atomic E-state index is 0.342. The van der Waals surface area contributed by atoms with E-state index in [1.165, 1.54) is 6.92 Å². The van der Waals surface area contributed by atoms with Gasteiger partial charge in [-0.05, 0) is 30.7 Å². The van der Waals surface area contributed by atoms with Crippen LogP contribution in [0.4, 0.5) is 0 Å². The molecule has 5 heteroatoms. The second kappa shape index (κ2) is 6.16. The van der Waals surface area contributed by atoms with E-state index in [-0.39, 0.29) is 0 Å². The van der Waals surface area contributed by atoms with Crippen LogP contribution >= 0.6 is 23.2 Å². The summed E-state index contributed by atoms with van der Waals surface area (Å²) in [6, 6.07) is 12.5. The van der Waals surface area contributed by atoms with Gasteiger partial charge in [0.2, 0.25) is 0 Å². The molecule has 3 nitrogen and oxygen atoms in total. The lowest BCUT2D eigenvalue weighted by Crippen LogP contribution is -2.23. The number of carbonyl (C=O) groups is 1. The zero-order chi connectivity index (χ0) is 14.7. The van der Waals surface area contributed by atoms with Gasteiger partial charge in [0.1, 0.15) is 5.75 Å². The third-order valence-electron chi connectivity index (χ3n) is 2.77.